The quantitative estimate of drug-likeness (QED) is 0.895. The van der Waals surface area contributed by atoms with Crippen molar-refractivity contribution < 1.29 is 13.5 Å². The summed E-state index contributed by atoms with van der Waals surface area (Å²) in [5, 5.41) is 0. The second-order valence-electron chi connectivity index (χ2n) is 5.02. The minimum atomic E-state index is -2.52. The highest BCUT2D eigenvalue weighted by Gasteiger charge is 2.41. The second-order valence-corrected chi connectivity index (χ2v) is 5.02. The van der Waals surface area contributed by atoms with Crippen molar-refractivity contribution in [1.82, 2.24) is 0 Å². The highest BCUT2D eigenvalue weighted by molar-refractivity contribution is 5.52. The first-order chi connectivity index (χ1) is 8.55. The topological polar surface area (TPSA) is 35.2 Å². The van der Waals surface area contributed by atoms with E-state index in [4.69, 9.17) is 10.5 Å². The highest BCUT2D eigenvalue weighted by Crippen LogP contribution is 2.49. The highest BCUT2D eigenvalue weighted by atomic mass is 19.3. The van der Waals surface area contributed by atoms with E-state index in [-0.39, 0.29) is 11.0 Å². The van der Waals surface area contributed by atoms with Gasteiger partial charge in [0.05, 0.1) is 12.7 Å². The minimum Gasteiger partial charge on any atom is -0.496 e. The minimum absolute atomic E-state index is 0.0298. The number of ether oxygens (including phenoxy) is 1. The Morgan fingerprint density at radius 3 is 2.44 bits per heavy atom. The summed E-state index contributed by atoms with van der Waals surface area (Å²) in [5.74, 6) is 0.329. The lowest BCUT2D eigenvalue weighted by atomic mass is 9.63. The molecule has 0 bridgehead atoms. The maximum Gasteiger partial charge on any atom is 0.267 e. The van der Waals surface area contributed by atoms with Gasteiger partial charge >= 0.3 is 0 Å². The van der Waals surface area contributed by atoms with Gasteiger partial charge in [0.1, 0.15) is 5.75 Å². The summed E-state index contributed by atoms with van der Waals surface area (Å²) >= 11 is 0. The van der Waals surface area contributed by atoms with Gasteiger partial charge in [0.2, 0.25) is 0 Å². The monoisotopic (exact) mass is 255 g/mol. The predicted molar refractivity (Wildman–Crippen MR) is 67.3 cm³/mol. The van der Waals surface area contributed by atoms with Crippen LogP contribution in [0.5, 0.6) is 5.75 Å². The van der Waals surface area contributed by atoms with Gasteiger partial charge in [-0.05, 0) is 31.4 Å². The van der Waals surface area contributed by atoms with Crippen LogP contribution in [0.4, 0.5) is 8.78 Å². The van der Waals surface area contributed by atoms with Crippen molar-refractivity contribution in [1.29, 1.82) is 0 Å². The molecule has 18 heavy (non-hydrogen) atoms. The zero-order chi connectivity index (χ0) is 13.3. The fourth-order valence-corrected chi connectivity index (χ4v) is 2.91. The molecule has 0 saturated heterocycles. The van der Waals surface area contributed by atoms with Gasteiger partial charge in [0.15, 0.2) is 0 Å². The average Bonchev–Trinajstić information content (AvgIpc) is 2.29. The Labute approximate surface area is 106 Å². The summed E-state index contributed by atoms with van der Waals surface area (Å²) in [7, 11) is 1.45. The lowest BCUT2D eigenvalue weighted by Crippen LogP contribution is -2.42. The molecule has 1 aromatic rings. The molecule has 1 fully saturated rings. The molecule has 2 N–H and O–H groups in total. The molecule has 0 unspecified atom stereocenters. The normalized spacial score (nSPS) is 17.7. The Hall–Kier alpha value is -1.16. The van der Waals surface area contributed by atoms with Crippen LogP contribution < -0.4 is 10.5 Å². The number of hydrogen-bond donors (Lipinski definition) is 1. The number of halogens is 2. The van der Waals surface area contributed by atoms with Gasteiger partial charge in [0, 0.05) is 17.5 Å². The van der Waals surface area contributed by atoms with Gasteiger partial charge in [-0.2, -0.15) is 0 Å². The van der Waals surface area contributed by atoms with E-state index >= 15 is 0 Å². The van der Waals surface area contributed by atoms with Crippen LogP contribution in [0.3, 0.4) is 0 Å². The van der Waals surface area contributed by atoms with Crippen LogP contribution in [0.1, 0.15) is 42.4 Å². The zero-order valence-electron chi connectivity index (χ0n) is 10.8. The summed E-state index contributed by atoms with van der Waals surface area (Å²) in [6.07, 6.45) is 0.480. The average molecular weight is 255 g/mol. The van der Waals surface area contributed by atoms with E-state index in [1.165, 1.54) is 13.2 Å². The van der Waals surface area contributed by atoms with Crippen molar-refractivity contribution in [2.24, 2.45) is 5.73 Å². The summed E-state index contributed by atoms with van der Waals surface area (Å²) in [6.45, 7) is 2.42. The van der Waals surface area contributed by atoms with Crippen LogP contribution in [-0.2, 0) is 5.41 Å². The maximum absolute atomic E-state index is 13.0. The Balaban J connectivity index is 2.60. The van der Waals surface area contributed by atoms with Crippen LogP contribution in [0.25, 0.3) is 0 Å². The fourth-order valence-electron chi connectivity index (χ4n) is 2.91. The first-order valence-electron chi connectivity index (χ1n) is 6.22. The third-order valence-corrected chi connectivity index (χ3v) is 4.07. The van der Waals surface area contributed by atoms with Crippen molar-refractivity contribution in [3.05, 3.63) is 28.8 Å². The van der Waals surface area contributed by atoms with Gasteiger partial charge in [-0.25, -0.2) is 8.78 Å². The summed E-state index contributed by atoms with van der Waals surface area (Å²) < 4.78 is 31.3. The van der Waals surface area contributed by atoms with E-state index in [0.717, 1.165) is 30.4 Å². The molecule has 2 nitrogen and oxygen atoms in total. The molecule has 0 radical (unpaired) electrons. The van der Waals surface area contributed by atoms with E-state index < -0.39 is 6.43 Å². The smallest absolute Gasteiger partial charge is 0.267 e. The molecule has 1 aliphatic rings. The fraction of sp³-hybridized carbons (Fsp3) is 0.571. The molecule has 100 valence electrons. The molecule has 4 heteroatoms. The lowest BCUT2D eigenvalue weighted by Gasteiger charge is -2.43. The van der Waals surface area contributed by atoms with E-state index in [0.29, 0.717) is 12.3 Å². The maximum atomic E-state index is 13.0. The van der Waals surface area contributed by atoms with Gasteiger partial charge in [0.25, 0.3) is 6.43 Å². The molecule has 0 amide bonds. The number of nitrogens with two attached hydrogens (primary N) is 1. The molecule has 0 heterocycles. The number of hydrogen-bond acceptors (Lipinski definition) is 2. The molecular weight excluding hydrogens is 236 g/mol. The van der Waals surface area contributed by atoms with Crippen LogP contribution in [0, 0.1) is 6.92 Å². The number of alkyl halides is 2. The van der Waals surface area contributed by atoms with Gasteiger partial charge < -0.3 is 10.5 Å². The van der Waals surface area contributed by atoms with Crippen molar-refractivity contribution in [3.63, 3.8) is 0 Å². The Kier molecular flexibility index (Phi) is 3.57. The summed E-state index contributed by atoms with van der Waals surface area (Å²) in [4.78, 5) is 0. The number of aryl methyl sites for hydroxylation is 1. The van der Waals surface area contributed by atoms with Gasteiger partial charge in [-0.1, -0.05) is 12.5 Å². The molecule has 1 saturated carbocycles. The summed E-state index contributed by atoms with van der Waals surface area (Å²) in [6, 6.07) is 3.19. The number of rotatable bonds is 4. The SMILES string of the molecule is COc1c(C(F)F)ccc(C)c1C1(CN)CCC1. The number of benzene rings is 1. The molecule has 2 rings (SSSR count). The molecule has 1 aromatic carbocycles. The largest absolute Gasteiger partial charge is 0.496 e. The Morgan fingerprint density at radius 2 is 2.06 bits per heavy atom. The lowest BCUT2D eigenvalue weighted by molar-refractivity contribution is 0.145. The van der Waals surface area contributed by atoms with Crippen LogP contribution in [0.15, 0.2) is 12.1 Å². The van der Waals surface area contributed by atoms with Crippen LogP contribution in [-0.4, -0.2) is 13.7 Å². The molecule has 1 aliphatic carbocycles. The van der Waals surface area contributed by atoms with E-state index in [1.54, 1.807) is 6.07 Å². The Morgan fingerprint density at radius 1 is 1.39 bits per heavy atom. The molecule has 0 atom stereocenters. The van der Waals surface area contributed by atoms with Crippen molar-refractivity contribution in [3.8, 4) is 5.75 Å². The zero-order valence-corrected chi connectivity index (χ0v) is 10.8. The van der Waals surface area contributed by atoms with E-state index in [2.05, 4.69) is 0 Å². The first kappa shape index (κ1) is 13.3. The molecule has 0 aliphatic heterocycles. The van der Waals surface area contributed by atoms with E-state index in [9.17, 15) is 8.78 Å². The first-order valence-corrected chi connectivity index (χ1v) is 6.22. The van der Waals surface area contributed by atoms with E-state index in [1.807, 2.05) is 6.92 Å². The molecule has 0 spiro atoms. The standard InChI is InChI=1S/C14H19F2NO/c1-9-4-5-10(13(15)16)12(18-2)11(9)14(8-17)6-3-7-14/h4-5,13H,3,6-8,17H2,1-2H3. The van der Waals surface area contributed by atoms with Gasteiger partial charge in [-0.3, -0.25) is 0 Å². The third kappa shape index (κ3) is 1.88. The number of methoxy groups -OCH3 is 1. The van der Waals surface area contributed by atoms with Crippen molar-refractivity contribution >= 4 is 0 Å². The second kappa shape index (κ2) is 4.84. The van der Waals surface area contributed by atoms with Gasteiger partial charge in [-0.15, -0.1) is 0 Å². The van der Waals surface area contributed by atoms with Crippen molar-refractivity contribution in [2.75, 3.05) is 13.7 Å². The van der Waals surface area contributed by atoms with Crippen molar-refractivity contribution in [2.45, 2.75) is 38.0 Å². The van der Waals surface area contributed by atoms with Crippen LogP contribution >= 0.6 is 0 Å². The predicted octanol–water partition coefficient (Wildman–Crippen LogP) is 3.32. The molecular formula is C14H19F2NO. The third-order valence-electron chi connectivity index (χ3n) is 4.07. The molecule has 0 aromatic heterocycles. The summed E-state index contributed by atoms with van der Waals surface area (Å²) in [5.41, 5.74) is 7.55. The Bertz CT molecular complexity index is 436. The van der Waals surface area contributed by atoms with Crippen LogP contribution in [0.2, 0.25) is 0 Å².